The number of nitrogens with one attached hydrogen (secondary N) is 1. The number of carbonyl (C=O) groups is 1. The van der Waals surface area contributed by atoms with Gasteiger partial charge in [-0.05, 0) is 39.5 Å². The summed E-state index contributed by atoms with van der Waals surface area (Å²) in [5.41, 5.74) is 0. The molecule has 1 aliphatic heterocycles. The van der Waals surface area contributed by atoms with Crippen molar-refractivity contribution in [2.24, 2.45) is 0 Å². The molecule has 1 saturated heterocycles. The lowest BCUT2D eigenvalue weighted by Crippen LogP contribution is -2.47. The van der Waals surface area contributed by atoms with Gasteiger partial charge in [-0.3, -0.25) is 4.79 Å². The van der Waals surface area contributed by atoms with Crippen LogP contribution in [0.3, 0.4) is 0 Å². The van der Waals surface area contributed by atoms with Gasteiger partial charge in [0.15, 0.2) is 0 Å². The van der Waals surface area contributed by atoms with Gasteiger partial charge in [-0.1, -0.05) is 6.92 Å². The summed E-state index contributed by atoms with van der Waals surface area (Å²) in [4.78, 5) is 16.0. The number of hydrogen-bond donors (Lipinski definition) is 1. The van der Waals surface area contributed by atoms with Crippen LogP contribution in [-0.2, 0) is 4.79 Å². The van der Waals surface area contributed by atoms with Gasteiger partial charge >= 0.3 is 0 Å². The van der Waals surface area contributed by atoms with Gasteiger partial charge in [0.1, 0.15) is 0 Å². The molecule has 1 rings (SSSR count). The van der Waals surface area contributed by atoms with Crippen molar-refractivity contribution < 1.29 is 4.79 Å². The van der Waals surface area contributed by atoms with Gasteiger partial charge in [-0.25, -0.2) is 0 Å². The highest BCUT2D eigenvalue weighted by Crippen LogP contribution is 2.13. The molecule has 0 saturated carbocycles. The molecular weight excluding hydrogens is 190 g/mol. The third-order valence-corrected chi connectivity index (χ3v) is 3.16. The van der Waals surface area contributed by atoms with E-state index in [1.54, 1.807) is 0 Å². The molecule has 0 bridgehead atoms. The zero-order valence-electron chi connectivity index (χ0n) is 10.1. The average molecular weight is 213 g/mol. The van der Waals surface area contributed by atoms with Crippen LogP contribution in [0.2, 0.25) is 0 Å². The molecule has 1 amide bonds. The minimum Gasteiger partial charge on any atom is -0.342 e. The number of hydrogen-bond acceptors (Lipinski definition) is 3. The lowest BCUT2D eigenvalue weighted by molar-refractivity contribution is -0.131. The van der Waals surface area contributed by atoms with Crippen LogP contribution >= 0.6 is 0 Å². The SMILES string of the molecule is CCNCC(=O)N(C)C1CCN(C)CC1. The molecule has 1 N–H and O–H groups in total. The zero-order valence-corrected chi connectivity index (χ0v) is 10.1. The van der Waals surface area contributed by atoms with Gasteiger partial charge in [-0.2, -0.15) is 0 Å². The van der Waals surface area contributed by atoms with Gasteiger partial charge in [0.25, 0.3) is 0 Å². The lowest BCUT2D eigenvalue weighted by atomic mass is 10.0. The van der Waals surface area contributed by atoms with Crippen molar-refractivity contribution in [2.75, 3.05) is 40.3 Å². The van der Waals surface area contributed by atoms with Crippen LogP contribution in [-0.4, -0.2) is 62.0 Å². The van der Waals surface area contributed by atoms with E-state index in [9.17, 15) is 4.79 Å². The third-order valence-electron chi connectivity index (χ3n) is 3.16. The van der Waals surface area contributed by atoms with Gasteiger partial charge in [0, 0.05) is 13.1 Å². The molecule has 1 heterocycles. The van der Waals surface area contributed by atoms with Crippen molar-refractivity contribution in [2.45, 2.75) is 25.8 Å². The summed E-state index contributed by atoms with van der Waals surface area (Å²) in [5.74, 6) is 0.214. The highest BCUT2D eigenvalue weighted by Gasteiger charge is 2.23. The number of likely N-dealkylation sites (tertiary alicyclic amines) is 1. The highest BCUT2D eigenvalue weighted by molar-refractivity contribution is 5.78. The zero-order chi connectivity index (χ0) is 11.3. The first kappa shape index (κ1) is 12.5. The van der Waals surface area contributed by atoms with Crippen LogP contribution in [0.15, 0.2) is 0 Å². The number of likely N-dealkylation sites (N-methyl/N-ethyl adjacent to an activating group) is 2. The van der Waals surface area contributed by atoms with E-state index < -0.39 is 0 Å². The van der Waals surface area contributed by atoms with Crippen LogP contribution in [0.1, 0.15) is 19.8 Å². The highest BCUT2D eigenvalue weighted by atomic mass is 16.2. The second-order valence-electron chi connectivity index (χ2n) is 4.32. The molecule has 15 heavy (non-hydrogen) atoms. The van der Waals surface area contributed by atoms with Crippen molar-refractivity contribution in [3.05, 3.63) is 0 Å². The second kappa shape index (κ2) is 6.08. The maximum atomic E-state index is 11.7. The number of nitrogens with zero attached hydrogens (tertiary/aromatic N) is 2. The van der Waals surface area contributed by atoms with Crippen LogP contribution in [0.5, 0.6) is 0 Å². The smallest absolute Gasteiger partial charge is 0.236 e. The van der Waals surface area contributed by atoms with Crippen molar-refractivity contribution in [3.8, 4) is 0 Å². The van der Waals surface area contributed by atoms with E-state index in [2.05, 4.69) is 17.3 Å². The Morgan fingerprint density at radius 2 is 2.07 bits per heavy atom. The van der Waals surface area contributed by atoms with Crippen LogP contribution in [0, 0.1) is 0 Å². The molecular formula is C11H23N3O. The first-order chi connectivity index (χ1) is 7.15. The molecule has 0 radical (unpaired) electrons. The number of carbonyl (C=O) groups excluding carboxylic acids is 1. The summed E-state index contributed by atoms with van der Waals surface area (Å²) >= 11 is 0. The van der Waals surface area contributed by atoms with E-state index in [1.165, 1.54) is 0 Å². The summed E-state index contributed by atoms with van der Waals surface area (Å²) < 4.78 is 0. The molecule has 0 spiro atoms. The molecule has 0 aromatic heterocycles. The Kier molecular flexibility index (Phi) is 5.05. The molecule has 1 fully saturated rings. The summed E-state index contributed by atoms with van der Waals surface area (Å²) in [6.45, 7) is 5.54. The third kappa shape index (κ3) is 3.80. The van der Waals surface area contributed by atoms with E-state index in [0.29, 0.717) is 12.6 Å². The quantitative estimate of drug-likeness (QED) is 0.722. The summed E-state index contributed by atoms with van der Waals surface area (Å²) in [7, 11) is 4.06. The van der Waals surface area contributed by atoms with E-state index in [4.69, 9.17) is 0 Å². The molecule has 0 atom stereocenters. The molecule has 4 heteroatoms. The van der Waals surface area contributed by atoms with Gasteiger partial charge in [0.2, 0.25) is 5.91 Å². The Balaban J connectivity index is 2.32. The fourth-order valence-corrected chi connectivity index (χ4v) is 1.94. The summed E-state index contributed by atoms with van der Waals surface area (Å²) in [5, 5.41) is 3.08. The number of rotatable bonds is 4. The number of piperidine rings is 1. The Labute approximate surface area is 92.6 Å². The summed E-state index contributed by atoms with van der Waals surface area (Å²) in [6, 6.07) is 0.437. The van der Waals surface area contributed by atoms with E-state index in [0.717, 1.165) is 32.5 Å². The maximum Gasteiger partial charge on any atom is 0.236 e. The predicted molar refractivity (Wildman–Crippen MR) is 61.8 cm³/mol. The predicted octanol–water partition coefficient (Wildman–Crippen LogP) is 0.149. The molecule has 0 aliphatic carbocycles. The maximum absolute atomic E-state index is 11.7. The van der Waals surface area contributed by atoms with Crippen molar-refractivity contribution in [1.29, 1.82) is 0 Å². The Morgan fingerprint density at radius 3 is 2.60 bits per heavy atom. The fraction of sp³-hybridized carbons (Fsp3) is 0.909. The first-order valence-electron chi connectivity index (χ1n) is 5.80. The molecule has 0 unspecified atom stereocenters. The van der Waals surface area contributed by atoms with Crippen molar-refractivity contribution >= 4 is 5.91 Å². The summed E-state index contributed by atoms with van der Waals surface area (Å²) in [6.07, 6.45) is 2.20. The second-order valence-corrected chi connectivity index (χ2v) is 4.32. The topological polar surface area (TPSA) is 35.6 Å². The largest absolute Gasteiger partial charge is 0.342 e. The van der Waals surface area contributed by atoms with Gasteiger partial charge < -0.3 is 15.1 Å². The lowest BCUT2D eigenvalue weighted by Gasteiger charge is -2.35. The molecule has 88 valence electrons. The fourth-order valence-electron chi connectivity index (χ4n) is 1.94. The Hall–Kier alpha value is -0.610. The van der Waals surface area contributed by atoms with Crippen molar-refractivity contribution in [1.82, 2.24) is 15.1 Å². The number of amides is 1. The van der Waals surface area contributed by atoms with Gasteiger partial charge in [-0.15, -0.1) is 0 Å². The first-order valence-corrected chi connectivity index (χ1v) is 5.80. The Bertz CT molecular complexity index is 200. The molecule has 0 aromatic rings. The Morgan fingerprint density at radius 1 is 1.47 bits per heavy atom. The molecule has 0 aromatic carbocycles. The standard InChI is InChI=1S/C11H23N3O/c1-4-12-9-11(15)14(3)10-5-7-13(2)8-6-10/h10,12H,4-9H2,1-3H3. The van der Waals surface area contributed by atoms with E-state index in [1.807, 2.05) is 18.9 Å². The van der Waals surface area contributed by atoms with Crippen molar-refractivity contribution in [3.63, 3.8) is 0 Å². The van der Waals surface area contributed by atoms with Crippen LogP contribution in [0.4, 0.5) is 0 Å². The van der Waals surface area contributed by atoms with Crippen LogP contribution < -0.4 is 5.32 Å². The normalized spacial score (nSPS) is 19.1. The molecule has 1 aliphatic rings. The van der Waals surface area contributed by atoms with Crippen LogP contribution in [0.25, 0.3) is 0 Å². The van der Waals surface area contributed by atoms with E-state index in [-0.39, 0.29) is 5.91 Å². The minimum absolute atomic E-state index is 0.214. The van der Waals surface area contributed by atoms with Gasteiger partial charge in [0.05, 0.1) is 6.54 Å². The monoisotopic (exact) mass is 213 g/mol. The average Bonchev–Trinajstić information content (AvgIpc) is 2.26. The van der Waals surface area contributed by atoms with E-state index >= 15 is 0 Å². The minimum atomic E-state index is 0.214. The molecule has 4 nitrogen and oxygen atoms in total.